The van der Waals surface area contributed by atoms with Gasteiger partial charge >= 0.3 is 5.77 Å². The molecule has 1 aromatic rings. The molecule has 0 radical (unpaired) electrons. The summed E-state index contributed by atoms with van der Waals surface area (Å²) in [6.45, 7) is 0. The van der Waals surface area contributed by atoms with E-state index in [0.29, 0.717) is 10.8 Å². The Balaban J connectivity index is 2.10. The molecule has 1 fully saturated rings. The summed E-state index contributed by atoms with van der Waals surface area (Å²) in [5, 5.41) is 0.655. The number of rotatable bonds is 2. The van der Waals surface area contributed by atoms with Crippen molar-refractivity contribution in [1.29, 1.82) is 0 Å². The Morgan fingerprint density at radius 3 is 2.36 bits per heavy atom. The first kappa shape index (κ1) is 10.7. The van der Waals surface area contributed by atoms with Crippen LogP contribution in [0.25, 0.3) is 0 Å². The smallest absolute Gasteiger partial charge is 0.359 e. The summed E-state index contributed by atoms with van der Waals surface area (Å²) in [5.74, 6) is -0.0954. The Kier molecular flexibility index (Phi) is 3.38. The molecule has 0 amide bonds. The zero-order valence-corrected chi connectivity index (χ0v) is 10.5. The highest BCUT2D eigenvalue weighted by Gasteiger charge is 2.31. The second kappa shape index (κ2) is 4.40. The molecule has 0 saturated carbocycles. The first-order chi connectivity index (χ1) is 6.68. The molecule has 0 N–H and O–H groups in total. The van der Waals surface area contributed by atoms with E-state index in [1.54, 1.807) is 24.3 Å². The zero-order chi connectivity index (χ0) is 10.0. The molecule has 0 bridgehead atoms. The average Bonchev–Trinajstić information content (AvgIpc) is 2.57. The lowest BCUT2D eigenvalue weighted by molar-refractivity contribution is 0.516. The van der Waals surface area contributed by atoms with Gasteiger partial charge in [-0.15, -0.1) is 0 Å². The maximum atomic E-state index is 11.9. The molecule has 2 nitrogen and oxygen atoms in total. The van der Waals surface area contributed by atoms with E-state index in [9.17, 15) is 4.57 Å². The summed E-state index contributed by atoms with van der Waals surface area (Å²) >= 11 is 8.54. The third-order valence-electron chi connectivity index (χ3n) is 1.61. The molecule has 76 valence electrons. The molecule has 1 aliphatic rings. The third-order valence-corrected chi connectivity index (χ3v) is 9.30. The van der Waals surface area contributed by atoms with Crippen molar-refractivity contribution in [2.24, 2.45) is 0 Å². The van der Waals surface area contributed by atoms with Crippen LogP contribution in [0.2, 0.25) is 5.02 Å². The normalized spacial score (nSPS) is 19.5. The Hall–Kier alpha value is 0.240. The molecule has 1 aromatic carbocycles. The maximum Gasteiger partial charge on any atom is 0.359 e. The largest absolute Gasteiger partial charge is 0.429 e. The quantitative estimate of drug-likeness (QED) is 0.745. The fraction of sp³-hybridized carbons (Fsp3) is 0.250. The summed E-state index contributed by atoms with van der Waals surface area (Å²) in [6.07, 6.45) is 0. The van der Waals surface area contributed by atoms with Crippen molar-refractivity contribution < 1.29 is 9.09 Å². The lowest BCUT2D eigenvalue weighted by Crippen LogP contribution is -1.82. The van der Waals surface area contributed by atoms with Crippen molar-refractivity contribution >= 4 is 40.1 Å². The van der Waals surface area contributed by atoms with E-state index in [1.165, 1.54) is 22.8 Å². The Morgan fingerprint density at radius 2 is 1.79 bits per heavy atom. The Morgan fingerprint density at radius 1 is 1.21 bits per heavy atom. The second-order valence-corrected chi connectivity index (χ2v) is 10.6. The lowest BCUT2D eigenvalue weighted by atomic mass is 10.3. The maximum absolute atomic E-state index is 11.9. The van der Waals surface area contributed by atoms with Crippen LogP contribution in [0, 0.1) is 0 Å². The van der Waals surface area contributed by atoms with Gasteiger partial charge in [0, 0.05) is 16.5 Å². The minimum atomic E-state index is -2.52. The highest BCUT2D eigenvalue weighted by Crippen LogP contribution is 2.73. The molecule has 2 rings (SSSR count). The number of hydrogen-bond acceptors (Lipinski definition) is 4. The van der Waals surface area contributed by atoms with Crippen molar-refractivity contribution in [3.8, 4) is 5.75 Å². The topological polar surface area (TPSA) is 26.3 Å². The fourth-order valence-electron chi connectivity index (χ4n) is 1.01. The monoisotopic (exact) mass is 266 g/mol. The van der Waals surface area contributed by atoms with Gasteiger partial charge in [-0.1, -0.05) is 11.6 Å². The SMILES string of the molecule is O=P1(Oc2ccc(Cl)cc2)SCCS1. The molecule has 1 heterocycles. The highest BCUT2D eigenvalue weighted by atomic mass is 35.5. The van der Waals surface area contributed by atoms with Crippen LogP contribution < -0.4 is 4.52 Å². The molecule has 1 aliphatic heterocycles. The van der Waals surface area contributed by atoms with Crippen molar-refractivity contribution in [1.82, 2.24) is 0 Å². The lowest BCUT2D eigenvalue weighted by Gasteiger charge is -2.11. The van der Waals surface area contributed by atoms with E-state index in [0.717, 1.165) is 11.5 Å². The number of benzene rings is 1. The van der Waals surface area contributed by atoms with E-state index >= 15 is 0 Å². The molecule has 0 atom stereocenters. The van der Waals surface area contributed by atoms with Crippen LogP contribution >= 0.6 is 40.1 Å². The fourth-order valence-corrected chi connectivity index (χ4v) is 8.49. The van der Waals surface area contributed by atoms with E-state index in [1.807, 2.05) is 0 Å². The molecule has 0 aromatic heterocycles. The summed E-state index contributed by atoms with van der Waals surface area (Å²) in [6, 6.07) is 6.94. The van der Waals surface area contributed by atoms with Gasteiger partial charge in [0.15, 0.2) is 0 Å². The minimum Gasteiger partial charge on any atom is -0.429 e. The van der Waals surface area contributed by atoms with Gasteiger partial charge in [-0.05, 0) is 47.0 Å². The van der Waals surface area contributed by atoms with E-state index in [4.69, 9.17) is 16.1 Å². The average molecular weight is 267 g/mol. The first-order valence-electron chi connectivity index (χ1n) is 4.02. The van der Waals surface area contributed by atoms with Gasteiger partial charge in [0.25, 0.3) is 0 Å². The van der Waals surface area contributed by atoms with Crippen molar-refractivity contribution in [2.45, 2.75) is 0 Å². The summed E-state index contributed by atoms with van der Waals surface area (Å²) < 4.78 is 17.4. The van der Waals surface area contributed by atoms with Gasteiger partial charge in [0.2, 0.25) is 0 Å². The van der Waals surface area contributed by atoms with Crippen molar-refractivity contribution in [2.75, 3.05) is 11.5 Å². The van der Waals surface area contributed by atoms with Crippen LogP contribution in [0.5, 0.6) is 5.75 Å². The predicted molar refractivity (Wildman–Crippen MR) is 64.6 cm³/mol. The molecular weight excluding hydrogens is 259 g/mol. The molecule has 0 spiro atoms. The Labute approximate surface area is 95.7 Å². The van der Waals surface area contributed by atoms with Crippen molar-refractivity contribution in [3.63, 3.8) is 0 Å². The molecule has 14 heavy (non-hydrogen) atoms. The van der Waals surface area contributed by atoms with Gasteiger partial charge in [0.1, 0.15) is 5.75 Å². The standard InChI is InChI=1S/C8H8ClO2PS2/c9-7-1-3-8(4-2-7)11-12(10)13-5-6-14-12/h1-4H,5-6H2. The molecule has 1 saturated heterocycles. The van der Waals surface area contributed by atoms with Gasteiger partial charge in [0.05, 0.1) is 0 Å². The summed E-state index contributed by atoms with van der Waals surface area (Å²) in [5.41, 5.74) is 0. The van der Waals surface area contributed by atoms with Crippen molar-refractivity contribution in [3.05, 3.63) is 29.3 Å². The third kappa shape index (κ3) is 2.63. The van der Waals surface area contributed by atoms with Gasteiger partial charge in [-0.25, -0.2) is 0 Å². The molecule has 6 heteroatoms. The van der Waals surface area contributed by atoms with Crippen LogP contribution in [-0.4, -0.2) is 11.5 Å². The van der Waals surface area contributed by atoms with Crippen LogP contribution in [0.15, 0.2) is 24.3 Å². The van der Waals surface area contributed by atoms with E-state index in [2.05, 4.69) is 0 Å². The number of halogens is 1. The van der Waals surface area contributed by atoms with Crippen LogP contribution in [0.1, 0.15) is 0 Å². The first-order valence-corrected chi connectivity index (χ1v) is 9.21. The summed E-state index contributed by atoms with van der Waals surface area (Å²) in [4.78, 5) is 0. The van der Waals surface area contributed by atoms with E-state index in [-0.39, 0.29) is 0 Å². The highest BCUT2D eigenvalue weighted by molar-refractivity contribution is 8.90. The molecule has 0 aliphatic carbocycles. The van der Waals surface area contributed by atoms with Crippen LogP contribution in [0.4, 0.5) is 0 Å². The predicted octanol–water partition coefficient (Wildman–Crippen LogP) is 4.31. The molecule has 0 unspecified atom stereocenters. The summed E-state index contributed by atoms with van der Waals surface area (Å²) in [7, 11) is 0. The van der Waals surface area contributed by atoms with Crippen LogP contribution in [0.3, 0.4) is 0 Å². The van der Waals surface area contributed by atoms with E-state index < -0.39 is 5.77 Å². The Bertz CT molecular complexity index is 358. The van der Waals surface area contributed by atoms with Gasteiger partial charge in [-0.2, -0.15) is 0 Å². The molecular formula is C8H8ClO2PS2. The van der Waals surface area contributed by atoms with Crippen LogP contribution in [-0.2, 0) is 4.57 Å². The second-order valence-electron chi connectivity index (χ2n) is 2.66. The number of hydrogen-bond donors (Lipinski definition) is 0. The van der Waals surface area contributed by atoms with Gasteiger partial charge in [-0.3, -0.25) is 4.57 Å². The minimum absolute atomic E-state index is 0.625. The zero-order valence-electron chi connectivity index (χ0n) is 7.18. The van der Waals surface area contributed by atoms with Gasteiger partial charge < -0.3 is 4.52 Å².